The van der Waals surface area contributed by atoms with Gasteiger partial charge in [0.15, 0.2) is 0 Å². The van der Waals surface area contributed by atoms with E-state index in [9.17, 15) is 28.8 Å². The molecular formula is C47H74N8O10. The fourth-order valence-corrected chi connectivity index (χ4v) is 8.18. The summed E-state index contributed by atoms with van der Waals surface area (Å²) >= 11 is 0. The molecular weight excluding hydrogens is 837 g/mol. The summed E-state index contributed by atoms with van der Waals surface area (Å²) in [5.74, 6) is -2.68. The minimum absolute atomic E-state index is 0.0270. The molecule has 5 amide bonds. The number of likely N-dealkylation sites (tertiary alicyclic amines) is 1. The molecule has 4 N–H and O–H groups in total. The van der Waals surface area contributed by atoms with Gasteiger partial charge in [-0.15, -0.1) is 0 Å². The molecule has 0 saturated carbocycles. The highest BCUT2D eigenvalue weighted by atomic mass is 16.6. The monoisotopic (exact) mass is 911 g/mol. The first-order valence-electron chi connectivity index (χ1n) is 22.6. The minimum Gasteiger partial charge on any atom is -0.467 e. The smallest absolute Gasteiger partial charge is 0.407 e. The maximum Gasteiger partial charge on any atom is 0.407 e. The van der Waals surface area contributed by atoms with E-state index in [1.165, 1.54) is 27.5 Å². The van der Waals surface area contributed by atoms with Crippen LogP contribution in [0.3, 0.4) is 0 Å². The molecule has 65 heavy (non-hydrogen) atoms. The van der Waals surface area contributed by atoms with Gasteiger partial charge < -0.3 is 50.0 Å². The van der Waals surface area contributed by atoms with E-state index in [4.69, 9.17) is 18.9 Å². The van der Waals surface area contributed by atoms with Crippen molar-refractivity contribution in [2.45, 2.75) is 136 Å². The first-order chi connectivity index (χ1) is 30.7. The van der Waals surface area contributed by atoms with Crippen molar-refractivity contribution in [1.29, 1.82) is 0 Å². The van der Waals surface area contributed by atoms with Gasteiger partial charge in [-0.2, -0.15) is 0 Å². The predicted octanol–water partition coefficient (Wildman–Crippen LogP) is 4.30. The highest BCUT2D eigenvalue weighted by Crippen LogP contribution is 2.30. The molecule has 2 aromatic rings. The summed E-state index contributed by atoms with van der Waals surface area (Å²) in [6.07, 6.45) is 1.68. The molecule has 1 aliphatic heterocycles. The third kappa shape index (κ3) is 15.6. The van der Waals surface area contributed by atoms with Crippen LogP contribution in [0.5, 0.6) is 0 Å². The number of alkyl carbamates (subject to hydrolysis) is 1. The Labute approximate surface area is 385 Å². The summed E-state index contributed by atoms with van der Waals surface area (Å²) < 4.78 is 22.2. The predicted molar refractivity (Wildman–Crippen MR) is 246 cm³/mol. The molecule has 0 spiro atoms. The van der Waals surface area contributed by atoms with E-state index in [2.05, 4.69) is 31.2 Å². The van der Waals surface area contributed by atoms with Crippen LogP contribution in [0.25, 0.3) is 0 Å². The molecule has 2 heterocycles. The fourth-order valence-electron chi connectivity index (χ4n) is 8.18. The normalized spacial score (nSPS) is 17.1. The number of amides is 5. The molecule has 18 nitrogen and oxygen atoms in total. The van der Waals surface area contributed by atoms with E-state index in [0.717, 1.165) is 5.56 Å². The van der Waals surface area contributed by atoms with Gasteiger partial charge in [-0.1, -0.05) is 71.4 Å². The molecule has 3 rings (SSSR count). The van der Waals surface area contributed by atoms with Crippen molar-refractivity contribution in [2.75, 3.05) is 53.3 Å². The van der Waals surface area contributed by atoms with Crippen molar-refractivity contribution in [3.05, 3.63) is 53.3 Å². The molecule has 1 fully saturated rings. The molecule has 8 atom stereocenters. The average Bonchev–Trinajstić information content (AvgIpc) is 3.75. The zero-order chi connectivity index (χ0) is 48.6. The van der Waals surface area contributed by atoms with Gasteiger partial charge in [-0.05, 0) is 57.9 Å². The van der Waals surface area contributed by atoms with Crippen LogP contribution in [-0.4, -0.2) is 145 Å². The van der Waals surface area contributed by atoms with E-state index in [-0.39, 0.29) is 61.1 Å². The number of benzene rings is 1. The number of carbonyl (C=O) groups is 6. The summed E-state index contributed by atoms with van der Waals surface area (Å²) in [7, 11) is 6.04. The maximum absolute atomic E-state index is 14.5. The Morgan fingerprint density at radius 2 is 1.62 bits per heavy atom. The van der Waals surface area contributed by atoms with Crippen molar-refractivity contribution < 1.29 is 47.7 Å². The van der Waals surface area contributed by atoms with Gasteiger partial charge in [0.25, 0.3) is 5.91 Å². The van der Waals surface area contributed by atoms with Crippen LogP contribution in [0.1, 0.15) is 103 Å². The van der Waals surface area contributed by atoms with E-state index < -0.39 is 71.8 Å². The number of aryl methyl sites for hydroxylation is 1. The van der Waals surface area contributed by atoms with Crippen LogP contribution in [0.2, 0.25) is 0 Å². The lowest BCUT2D eigenvalue weighted by Crippen LogP contribution is -2.56. The van der Waals surface area contributed by atoms with Gasteiger partial charge in [-0.3, -0.25) is 19.2 Å². The van der Waals surface area contributed by atoms with Crippen LogP contribution in [-0.2, 0) is 44.5 Å². The second-order valence-corrected chi connectivity index (χ2v) is 18.1. The topological polar surface area (TPSA) is 220 Å². The number of esters is 1. The van der Waals surface area contributed by atoms with Gasteiger partial charge in [0.1, 0.15) is 17.7 Å². The summed E-state index contributed by atoms with van der Waals surface area (Å²) in [5.41, 5.74) is 0.845. The number of carbonyl (C=O) groups excluding carboxylic acids is 6. The Kier molecular flexibility index (Phi) is 21.1. The highest BCUT2D eigenvalue weighted by molar-refractivity contribution is 5.95. The molecule has 1 saturated heterocycles. The van der Waals surface area contributed by atoms with Gasteiger partial charge in [0, 0.05) is 53.5 Å². The molecule has 0 radical (unpaired) electrons. The molecule has 1 aromatic carbocycles. The number of anilines is 1. The third-order valence-electron chi connectivity index (χ3n) is 11.9. The first kappa shape index (κ1) is 54.0. The summed E-state index contributed by atoms with van der Waals surface area (Å²) in [6, 6.07) is 6.72. The number of methoxy groups -OCH3 is 3. The SMILES string of the molecule is CC[C@H](C)[C@@H]([C@@H](CC(=O)N1CCC[C@H]1[C@H](OC)[C@@H](C)C(=O)N[C@@H](Cc1ccccc1)C(=O)OC)OC)N(C)C(=O)[C@@H](Nc1ncc(C(=O)NCCNC(=O)OC(C)(C)C)c(C)n1)C(C)C. The Balaban J connectivity index is 1.73. The summed E-state index contributed by atoms with van der Waals surface area (Å²) in [5, 5.41) is 11.4. The van der Waals surface area contributed by atoms with Gasteiger partial charge in [-0.25, -0.2) is 19.6 Å². The van der Waals surface area contributed by atoms with Crippen molar-refractivity contribution in [2.24, 2.45) is 17.8 Å². The van der Waals surface area contributed by atoms with Gasteiger partial charge >= 0.3 is 12.1 Å². The quantitative estimate of drug-likeness (QED) is 0.0905. The Morgan fingerprint density at radius 1 is 0.954 bits per heavy atom. The van der Waals surface area contributed by atoms with E-state index in [0.29, 0.717) is 31.5 Å². The molecule has 0 aliphatic carbocycles. The zero-order valence-corrected chi connectivity index (χ0v) is 40.7. The zero-order valence-electron chi connectivity index (χ0n) is 40.7. The van der Waals surface area contributed by atoms with Crippen LogP contribution in [0, 0.1) is 24.7 Å². The van der Waals surface area contributed by atoms with Gasteiger partial charge in [0.2, 0.25) is 23.7 Å². The largest absolute Gasteiger partial charge is 0.467 e. The Morgan fingerprint density at radius 3 is 2.18 bits per heavy atom. The first-order valence-corrected chi connectivity index (χ1v) is 22.6. The van der Waals surface area contributed by atoms with Crippen molar-refractivity contribution >= 4 is 41.6 Å². The second-order valence-electron chi connectivity index (χ2n) is 18.1. The number of nitrogens with one attached hydrogen (secondary N) is 4. The highest BCUT2D eigenvalue weighted by Gasteiger charge is 2.43. The molecule has 1 aliphatic rings. The number of ether oxygens (including phenoxy) is 4. The number of likely N-dealkylation sites (N-methyl/N-ethyl adjacent to an activating group) is 1. The molecule has 0 unspecified atom stereocenters. The number of hydrogen-bond acceptors (Lipinski definition) is 13. The van der Waals surface area contributed by atoms with E-state index in [1.54, 1.807) is 51.5 Å². The van der Waals surface area contributed by atoms with Crippen molar-refractivity contribution in [3.63, 3.8) is 0 Å². The number of nitrogens with zero attached hydrogens (tertiary/aromatic N) is 4. The van der Waals surface area contributed by atoms with Gasteiger partial charge in [0.05, 0.1) is 55.0 Å². The Hall–Kier alpha value is -5.36. The van der Waals surface area contributed by atoms with Crippen LogP contribution in [0.15, 0.2) is 36.5 Å². The van der Waals surface area contributed by atoms with E-state index >= 15 is 0 Å². The van der Waals surface area contributed by atoms with Crippen LogP contribution in [0.4, 0.5) is 10.7 Å². The van der Waals surface area contributed by atoms with Crippen molar-refractivity contribution in [3.8, 4) is 0 Å². The standard InChI is InChI=1S/C47H74N8O10/c1-14-29(4)39(54(10)43(59)38(28(2)3)53-45-50-27-33(31(6)51-45)42(58)48-22-23-49-46(61)65-47(7,8)9)36(62-11)26-37(56)55-24-18-21-35(55)40(63-12)30(5)41(57)52-34(44(60)64-13)25-32-19-16-15-17-20-32/h15-17,19-20,27-30,34-36,38-40H,14,18,21-26H2,1-13H3,(H,48,58)(H,49,61)(H,52,57)(H,50,51,53)/t29-,30+,34-,35-,36+,38-,39-,40+/m0/s1. The maximum atomic E-state index is 14.5. The number of aromatic nitrogens is 2. The lowest BCUT2D eigenvalue weighted by Gasteiger charge is -2.40. The van der Waals surface area contributed by atoms with Crippen molar-refractivity contribution in [1.82, 2.24) is 35.7 Å². The van der Waals surface area contributed by atoms with E-state index in [1.807, 2.05) is 58.0 Å². The lowest BCUT2D eigenvalue weighted by molar-refractivity contribution is -0.148. The third-order valence-corrected chi connectivity index (χ3v) is 11.9. The lowest BCUT2D eigenvalue weighted by atomic mass is 9.89. The molecule has 362 valence electrons. The minimum atomic E-state index is -0.912. The summed E-state index contributed by atoms with van der Waals surface area (Å²) in [4.78, 5) is 92.4. The average molecular weight is 911 g/mol. The summed E-state index contributed by atoms with van der Waals surface area (Å²) in [6.45, 7) is 17.3. The van der Waals surface area contributed by atoms with Crippen LogP contribution >= 0.6 is 0 Å². The second kappa shape index (κ2) is 25.4. The Bertz CT molecular complexity index is 1890. The molecule has 18 heteroatoms. The number of rotatable bonds is 23. The van der Waals surface area contributed by atoms with Crippen LogP contribution < -0.4 is 21.3 Å². The number of hydrogen-bond donors (Lipinski definition) is 4. The molecule has 0 bridgehead atoms. The fraction of sp³-hybridized carbons (Fsp3) is 0.660. The molecule has 1 aromatic heterocycles.